The van der Waals surface area contributed by atoms with Crippen molar-refractivity contribution in [3.8, 4) is 0 Å². The van der Waals surface area contributed by atoms with Gasteiger partial charge in [0.1, 0.15) is 0 Å². The highest BCUT2D eigenvalue weighted by Gasteiger charge is 2.10. The van der Waals surface area contributed by atoms with Gasteiger partial charge >= 0.3 is 0 Å². The van der Waals surface area contributed by atoms with E-state index in [2.05, 4.69) is 20.4 Å². The van der Waals surface area contributed by atoms with E-state index in [1.165, 1.54) is 11.1 Å². The average Bonchev–Trinajstić information content (AvgIpc) is 2.21. The van der Waals surface area contributed by atoms with E-state index in [-0.39, 0.29) is 6.04 Å². The van der Waals surface area contributed by atoms with Crippen LogP contribution in [0.1, 0.15) is 36.9 Å². The minimum absolute atomic E-state index is 0.0103. The fraction of sp³-hybridized carbons (Fsp3) is 0.385. The van der Waals surface area contributed by atoms with E-state index in [1.807, 2.05) is 18.2 Å². The lowest BCUT2D eigenvalue weighted by molar-refractivity contribution is 0.697. The number of rotatable bonds is 4. The quantitative estimate of drug-likeness (QED) is 0.768. The van der Waals surface area contributed by atoms with Gasteiger partial charge in [-0.3, -0.25) is 0 Å². The first-order chi connectivity index (χ1) is 7.04. The molecule has 0 aromatic heterocycles. The van der Waals surface area contributed by atoms with Gasteiger partial charge in [0, 0.05) is 11.1 Å². The molecule has 2 heteroatoms. The lowest BCUT2D eigenvalue weighted by atomic mass is 9.96. The molecule has 0 fully saturated rings. The summed E-state index contributed by atoms with van der Waals surface area (Å²) in [6.45, 7) is 8.13. The molecule has 1 nitrogen and oxygen atoms in total. The fourth-order valence-corrected chi connectivity index (χ4v) is 1.76. The minimum Gasteiger partial charge on any atom is -0.324 e. The van der Waals surface area contributed by atoms with Crippen molar-refractivity contribution in [2.75, 3.05) is 0 Å². The van der Waals surface area contributed by atoms with Crippen LogP contribution >= 0.6 is 11.6 Å². The molecule has 82 valence electrons. The Morgan fingerprint density at radius 1 is 1.53 bits per heavy atom. The summed E-state index contributed by atoms with van der Waals surface area (Å²) in [4.78, 5) is 0. The molecule has 1 unspecified atom stereocenters. The van der Waals surface area contributed by atoms with Crippen molar-refractivity contribution in [1.82, 2.24) is 0 Å². The van der Waals surface area contributed by atoms with Gasteiger partial charge in [-0.2, -0.15) is 0 Å². The average molecular weight is 224 g/mol. The monoisotopic (exact) mass is 223 g/mol. The third-order valence-corrected chi connectivity index (χ3v) is 2.88. The normalized spacial score (nSPS) is 12.5. The molecule has 0 bridgehead atoms. The van der Waals surface area contributed by atoms with E-state index in [0.717, 1.165) is 23.4 Å². The first-order valence-corrected chi connectivity index (χ1v) is 5.60. The van der Waals surface area contributed by atoms with E-state index >= 15 is 0 Å². The zero-order chi connectivity index (χ0) is 11.4. The third kappa shape index (κ3) is 3.37. The molecular formula is C13H18ClN. The Labute approximate surface area is 96.9 Å². The topological polar surface area (TPSA) is 26.0 Å². The largest absolute Gasteiger partial charge is 0.324 e. The van der Waals surface area contributed by atoms with Crippen LogP contribution < -0.4 is 5.73 Å². The van der Waals surface area contributed by atoms with Crippen molar-refractivity contribution in [3.63, 3.8) is 0 Å². The molecule has 0 saturated heterocycles. The summed E-state index contributed by atoms with van der Waals surface area (Å²) in [5, 5.41) is 0.744. The molecule has 1 aromatic rings. The van der Waals surface area contributed by atoms with Gasteiger partial charge in [-0.1, -0.05) is 36.7 Å². The second-order valence-electron chi connectivity index (χ2n) is 3.92. The van der Waals surface area contributed by atoms with Crippen molar-refractivity contribution >= 4 is 11.6 Å². The molecule has 0 aliphatic carbocycles. The zero-order valence-electron chi connectivity index (χ0n) is 9.39. The lowest BCUT2D eigenvalue weighted by Crippen LogP contribution is -2.12. The minimum atomic E-state index is 0.0103. The van der Waals surface area contributed by atoms with Crippen LogP contribution in [0.2, 0.25) is 5.02 Å². The molecule has 1 aromatic carbocycles. The Kier molecular flexibility index (Phi) is 4.37. The van der Waals surface area contributed by atoms with Crippen LogP contribution in [-0.2, 0) is 0 Å². The predicted octanol–water partition coefficient (Wildman–Crippen LogP) is 4.00. The summed E-state index contributed by atoms with van der Waals surface area (Å²) in [7, 11) is 0. The van der Waals surface area contributed by atoms with E-state index < -0.39 is 0 Å². The standard InChI is InChI=1S/C13H18ClN/c1-4-9(2)7-13(15)12-8-11(14)6-5-10(12)3/h5-6,8,13H,2,4,7,15H2,1,3H3. The van der Waals surface area contributed by atoms with Gasteiger partial charge in [-0.15, -0.1) is 0 Å². The Hall–Kier alpha value is -0.790. The van der Waals surface area contributed by atoms with Crippen molar-refractivity contribution in [1.29, 1.82) is 0 Å². The van der Waals surface area contributed by atoms with Crippen LogP contribution in [0, 0.1) is 6.92 Å². The van der Waals surface area contributed by atoms with Crippen LogP contribution in [-0.4, -0.2) is 0 Å². The maximum absolute atomic E-state index is 6.12. The Balaban J connectivity index is 2.85. The predicted molar refractivity (Wildman–Crippen MR) is 67.2 cm³/mol. The molecule has 2 N–H and O–H groups in total. The van der Waals surface area contributed by atoms with Crippen molar-refractivity contribution < 1.29 is 0 Å². The Morgan fingerprint density at radius 3 is 2.80 bits per heavy atom. The molecule has 0 spiro atoms. The molecule has 0 saturated carbocycles. The maximum Gasteiger partial charge on any atom is 0.0409 e. The number of halogens is 1. The Morgan fingerprint density at radius 2 is 2.20 bits per heavy atom. The van der Waals surface area contributed by atoms with Crippen LogP contribution in [0.4, 0.5) is 0 Å². The lowest BCUT2D eigenvalue weighted by Gasteiger charge is -2.15. The third-order valence-electron chi connectivity index (χ3n) is 2.65. The van der Waals surface area contributed by atoms with Gasteiger partial charge in [0.05, 0.1) is 0 Å². The van der Waals surface area contributed by atoms with Gasteiger partial charge in [0.25, 0.3) is 0 Å². The first-order valence-electron chi connectivity index (χ1n) is 5.23. The molecule has 0 amide bonds. The molecule has 15 heavy (non-hydrogen) atoms. The molecule has 1 rings (SSSR count). The summed E-state index contributed by atoms with van der Waals surface area (Å²) < 4.78 is 0. The van der Waals surface area contributed by atoms with Gasteiger partial charge in [-0.25, -0.2) is 0 Å². The van der Waals surface area contributed by atoms with Crippen LogP contribution in [0.15, 0.2) is 30.4 Å². The van der Waals surface area contributed by atoms with Gasteiger partial charge in [-0.05, 0) is 43.0 Å². The molecule has 0 aliphatic rings. The number of hydrogen-bond acceptors (Lipinski definition) is 1. The van der Waals surface area contributed by atoms with Gasteiger partial charge in [0.2, 0.25) is 0 Å². The van der Waals surface area contributed by atoms with Gasteiger partial charge in [0.15, 0.2) is 0 Å². The highest BCUT2D eigenvalue weighted by Crippen LogP contribution is 2.25. The SMILES string of the molecule is C=C(CC)CC(N)c1cc(Cl)ccc1C. The summed E-state index contributed by atoms with van der Waals surface area (Å²) in [6.07, 6.45) is 1.81. The first kappa shape index (κ1) is 12.3. The number of nitrogens with two attached hydrogens (primary N) is 1. The van der Waals surface area contributed by atoms with Crippen molar-refractivity contribution in [2.45, 2.75) is 32.7 Å². The van der Waals surface area contributed by atoms with Crippen molar-refractivity contribution in [3.05, 3.63) is 46.5 Å². The summed E-state index contributed by atoms with van der Waals surface area (Å²) >= 11 is 5.95. The van der Waals surface area contributed by atoms with E-state index in [0.29, 0.717) is 0 Å². The maximum atomic E-state index is 6.12. The summed E-state index contributed by atoms with van der Waals surface area (Å²) in [5.41, 5.74) is 9.62. The highest BCUT2D eigenvalue weighted by molar-refractivity contribution is 6.30. The van der Waals surface area contributed by atoms with Crippen LogP contribution in [0.5, 0.6) is 0 Å². The smallest absolute Gasteiger partial charge is 0.0409 e. The van der Waals surface area contributed by atoms with E-state index in [9.17, 15) is 0 Å². The van der Waals surface area contributed by atoms with E-state index in [1.54, 1.807) is 0 Å². The molecular weight excluding hydrogens is 206 g/mol. The molecule has 0 aliphatic heterocycles. The van der Waals surface area contributed by atoms with Gasteiger partial charge < -0.3 is 5.73 Å². The second kappa shape index (κ2) is 5.34. The van der Waals surface area contributed by atoms with E-state index in [4.69, 9.17) is 17.3 Å². The molecule has 0 radical (unpaired) electrons. The highest BCUT2D eigenvalue weighted by atomic mass is 35.5. The zero-order valence-corrected chi connectivity index (χ0v) is 10.1. The van der Waals surface area contributed by atoms with Crippen molar-refractivity contribution in [2.24, 2.45) is 5.73 Å². The Bertz CT molecular complexity index is 358. The summed E-state index contributed by atoms with van der Waals surface area (Å²) in [5.74, 6) is 0. The van der Waals surface area contributed by atoms with Crippen LogP contribution in [0.25, 0.3) is 0 Å². The molecule has 1 atom stereocenters. The number of benzene rings is 1. The fourth-order valence-electron chi connectivity index (χ4n) is 1.58. The number of hydrogen-bond donors (Lipinski definition) is 1. The second-order valence-corrected chi connectivity index (χ2v) is 4.35. The molecule has 0 heterocycles. The van der Waals surface area contributed by atoms with Crippen LogP contribution in [0.3, 0.4) is 0 Å². The number of aryl methyl sites for hydroxylation is 1. The summed E-state index contributed by atoms with van der Waals surface area (Å²) in [6, 6.07) is 5.86.